The molecule has 0 aromatic heterocycles. The van der Waals surface area contributed by atoms with Gasteiger partial charge >= 0.3 is 0 Å². The molecule has 1 aliphatic carbocycles. The van der Waals surface area contributed by atoms with E-state index in [2.05, 4.69) is 0 Å². The summed E-state index contributed by atoms with van der Waals surface area (Å²) in [6.07, 6.45) is -1.89. The molecule has 1 rings (SSSR count). The van der Waals surface area contributed by atoms with Crippen LogP contribution < -0.4 is 0 Å². The molecule has 54 valence electrons. The third kappa shape index (κ3) is 1.08. The lowest BCUT2D eigenvalue weighted by Gasteiger charge is -2.11. The van der Waals surface area contributed by atoms with Gasteiger partial charge in [-0.3, -0.25) is 0 Å². The van der Waals surface area contributed by atoms with Crippen molar-refractivity contribution in [2.45, 2.75) is 31.7 Å². The van der Waals surface area contributed by atoms with Crippen molar-refractivity contribution in [2.24, 2.45) is 5.92 Å². The molecule has 0 aliphatic heterocycles. The minimum atomic E-state index is -0.931. The van der Waals surface area contributed by atoms with Crippen LogP contribution in [-0.2, 0) is 0 Å². The predicted octanol–water partition coefficient (Wildman–Crippen LogP) is -0.891. The molecule has 4 atom stereocenters. The Kier molecular flexibility index (Phi) is 1.75. The van der Waals surface area contributed by atoms with E-state index in [9.17, 15) is 0 Å². The van der Waals surface area contributed by atoms with Gasteiger partial charge in [-0.1, -0.05) is 6.92 Å². The summed E-state index contributed by atoms with van der Waals surface area (Å²) in [5.74, 6) is 0.0231. The Morgan fingerprint density at radius 1 is 1.11 bits per heavy atom. The van der Waals surface area contributed by atoms with E-state index in [-0.39, 0.29) is 5.92 Å². The third-order valence-corrected chi connectivity index (χ3v) is 1.94. The van der Waals surface area contributed by atoms with Gasteiger partial charge in [-0.25, -0.2) is 0 Å². The van der Waals surface area contributed by atoms with E-state index in [1.54, 1.807) is 0 Å². The summed E-state index contributed by atoms with van der Waals surface area (Å²) in [6.45, 7) is 1.81. The van der Waals surface area contributed by atoms with Crippen molar-refractivity contribution in [3.8, 4) is 0 Å². The zero-order chi connectivity index (χ0) is 7.02. The van der Waals surface area contributed by atoms with E-state index in [0.717, 1.165) is 0 Å². The average Bonchev–Trinajstić information content (AvgIpc) is 1.98. The first-order valence-corrected chi connectivity index (χ1v) is 3.17. The van der Waals surface area contributed by atoms with Crippen molar-refractivity contribution in [2.75, 3.05) is 0 Å². The second-order valence-corrected chi connectivity index (χ2v) is 2.76. The number of rotatable bonds is 0. The highest BCUT2D eigenvalue weighted by atomic mass is 16.4. The second kappa shape index (κ2) is 2.25. The molecule has 1 aliphatic rings. The van der Waals surface area contributed by atoms with Crippen LogP contribution in [0, 0.1) is 5.92 Å². The maximum Gasteiger partial charge on any atom is 0.106 e. The molecule has 9 heavy (non-hydrogen) atoms. The first-order chi connectivity index (χ1) is 4.13. The minimum Gasteiger partial charge on any atom is -0.390 e. The summed E-state index contributed by atoms with van der Waals surface area (Å²) in [5.41, 5.74) is 0. The van der Waals surface area contributed by atoms with Crippen LogP contribution >= 0.6 is 0 Å². The van der Waals surface area contributed by atoms with E-state index in [0.29, 0.717) is 6.42 Å². The lowest BCUT2D eigenvalue weighted by Crippen LogP contribution is -2.29. The fourth-order valence-electron chi connectivity index (χ4n) is 1.22. The zero-order valence-corrected chi connectivity index (χ0v) is 5.36. The van der Waals surface area contributed by atoms with Gasteiger partial charge in [0.15, 0.2) is 0 Å². The van der Waals surface area contributed by atoms with Gasteiger partial charge in [-0.15, -0.1) is 0 Å². The van der Waals surface area contributed by atoms with Crippen molar-refractivity contribution in [1.29, 1.82) is 0 Å². The van der Waals surface area contributed by atoms with Crippen LogP contribution in [0.2, 0.25) is 0 Å². The van der Waals surface area contributed by atoms with Crippen LogP contribution in [0.1, 0.15) is 13.3 Å². The summed E-state index contributed by atoms with van der Waals surface area (Å²) in [6, 6.07) is 0. The molecule has 0 spiro atoms. The summed E-state index contributed by atoms with van der Waals surface area (Å²) in [4.78, 5) is 0. The van der Waals surface area contributed by atoms with E-state index >= 15 is 0 Å². The Bertz CT molecular complexity index is 92.5. The molecule has 0 aromatic carbocycles. The quantitative estimate of drug-likeness (QED) is 0.400. The zero-order valence-electron chi connectivity index (χ0n) is 5.36. The van der Waals surface area contributed by atoms with Crippen molar-refractivity contribution in [3.63, 3.8) is 0 Å². The van der Waals surface area contributed by atoms with Gasteiger partial charge in [0.2, 0.25) is 0 Å². The van der Waals surface area contributed by atoms with Gasteiger partial charge < -0.3 is 15.3 Å². The molecule has 3 heteroatoms. The molecule has 3 nitrogen and oxygen atoms in total. The van der Waals surface area contributed by atoms with Gasteiger partial charge in [0.25, 0.3) is 0 Å². The van der Waals surface area contributed by atoms with E-state index in [1.165, 1.54) is 0 Å². The highest BCUT2D eigenvalue weighted by Crippen LogP contribution is 2.25. The lowest BCUT2D eigenvalue weighted by molar-refractivity contribution is -0.0245. The molecule has 0 saturated heterocycles. The SMILES string of the molecule is C[C@H]1C[C@@H](O)[C@@H](O)C1O. The molecule has 0 amide bonds. The highest BCUT2D eigenvalue weighted by Gasteiger charge is 2.37. The summed E-state index contributed by atoms with van der Waals surface area (Å²) in [7, 11) is 0. The van der Waals surface area contributed by atoms with Gasteiger partial charge in [-0.2, -0.15) is 0 Å². The molecular formula is C6H12O3. The molecule has 0 heterocycles. The van der Waals surface area contributed by atoms with Crippen LogP contribution in [0.4, 0.5) is 0 Å². The standard InChI is InChI=1S/C6H12O3/c1-3-2-4(7)6(9)5(3)8/h3-9H,2H2,1H3/t3-,4+,5?,6+/m0/s1. The van der Waals surface area contributed by atoms with Crippen LogP contribution in [-0.4, -0.2) is 33.6 Å². The summed E-state index contributed by atoms with van der Waals surface area (Å²) < 4.78 is 0. The van der Waals surface area contributed by atoms with E-state index < -0.39 is 18.3 Å². The van der Waals surface area contributed by atoms with Crippen molar-refractivity contribution >= 4 is 0 Å². The van der Waals surface area contributed by atoms with Gasteiger partial charge in [0.05, 0.1) is 12.2 Å². The van der Waals surface area contributed by atoms with Crippen LogP contribution in [0.3, 0.4) is 0 Å². The molecule has 3 N–H and O–H groups in total. The molecule has 1 unspecified atom stereocenters. The first kappa shape index (κ1) is 6.99. The Hall–Kier alpha value is -0.120. The number of aliphatic hydroxyl groups excluding tert-OH is 3. The van der Waals surface area contributed by atoms with Crippen molar-refractivity contribution in [3.05, 3.63) is 0 Å². The van der Waals surface area contributed by atoms with Crippen LogP contribution in [0.15, 0.2) is 0 Å². The molecule has 0 bridgehead atoms. The normalized spacial score (nSPS) is 52.0. The number of aliphatic hydroxyl groups is 3. The molecular weight excluding hydrogens is 120 g/mol. The summed E-state index contributed by atoms with van der Waals surface area (Å²) >= 11 is 0. The van der Waals surface area contributed by atoms with Gasteiger partial charge in [-0.05, 0) is 12.3 Å². The predicted molar refractivity (Wildman–Crippen MR) is 31.8 cm³/mol. The maximum absolute atomic E-state index is 9.03. The Morgan fingerprint density at radius 3 is 1.78 bits per heavy atom. The topological polar surface area (TPSA) is 60.7 Å². The molecule has 0 radical (unpaired) electrons. The molecule has 1 fully saturated rings. The lowest BCUT2D eigenvalue weighted by atomic mass is 10.1. The average molecular weight is 132 g/mol. The Balaban J connectivity index is 2.54. The highest BCUT2D eigenvalue weighted by molar-refractivity contribution is 4.88. The Labute approximate surface area is 53.9 Å². The second-order valence-electron chi connectivity index (χ2n) is 2.76. The smallest absolute Gasteiger partial charge is 0.106 e. The fraction of sp³-hybridized carbons (Fsp3) is 1.00. The van der Waals surface area contributed by atoms with Crippen LogP contribution in [0.5, 0.6) is 0 Å². The third-order valence-electron chi connectivity index (χ3n) is 1.94. The number of hydrogen-bond acceptors (Lipinski definition) is 3. The largest absolute Gasteiger partial charge is 0.390 e. The van der Waals surface area contributed by atoms with Gasteiger partial charge in [0.1, 0.15) is 6.10 Å². The minimum absolute atomic E-state index is 0.0231. The van der Waals surface area contributed by atoms with Crippen LogP contribution in [0.25, 0.3) is 0 Å². The van der Waals surface area contributed by atoms with E-state index in [1.807, 2.05) is 6.92 Å². The first-order valence-electron chi connectivity index (χ1n) is 3.17. The Morgan fingerprint density at radius 2 is 1.67 bits per heavy atom. The monoisotopic (exact) mass is 132 g/mol. The van der Waals surface area contributed by atoms with Gasteiger partial charge in [0, 0.05) is 0 Å². The summed E-state index contributed by atoms with van der Waals surface area (Å²) in [5, 5.41) is 26.9. The maximum atomic E-state index is 9.03. The molecule has 0 aromatic rings. The van der Waals surface area contributed by atoms with Crippen molar-refractivity contribution in [1.82, 2.24) is 0 Å². The van der Waals surface area contributed by atoms with Crippen molar-refractivity contribution < 1.29 is 15.3 Å². The van der Waals surface area contributed by atoms with E-state index in [4.69, 9.17) is 15.3 Å². The molecule has 1 saturated carbocycles. The number of hydrogen-bond donors (Lipinski definition) is 3. The fourth-order valence-corrected chi connectivity index (χ4v) is 1.22.